The van der Waals surface area contributed by atoms with Crippen LogP contribution in [0.25, 0.3) is 0 Å². The zero-order valence-electron chi connectivity index (χ0n) is 12.1. The molecule has 3 aliphatic rings. The van der Waals surface area contributed by atoms with Gasteiger partial charge in [-0.05, 0) is 38.6 Å². The zero-order chi connectivity index (χ0) is 13.6. The minimum absolute atomic E-state index is 0.00819. The number of rotatable bonds is 2. The standard InChI is InChI=1S/C16H27NO2/c1-2-17-11-14-7-4-3-5-10-16(14,19)15(12-17,13-18)9-6-8-14/h3,5,18-19H,2,4,6-13H2,1H3/t14-,15+,16-/m1/s1. The number of aliphatic hydroxyl groups excluding tert-OH is 1. The maximum absolute atomic E-state index is 11.6. The van der Waals surface area contributed by atoms with Gasteiger partial charge in [0.25, 0.3) is 0 Å². The summed E-state index contributed by atoms with van der Waals surface area (Å²) in [5.74, 6) is 0. The zero-order valence-corrected chi connectivity index (χ0v) is 12.1. The van der Waals surface area contributed by atoms with Crippen molar-refractivity contribution < 1.29 is 10.2 Å². The summed E-state index contributed by atoms with van der Waals surface area (Å²) in [6.45, 7) is 5.19. The molecule has 0 radical (unpaired) electrons. The second kappa shape index (κ2) is 4.57. The average molecular weight is 265 g/mol. The van der Waals surface area contributed by atoms with E-state index in [0.717, 1.165) is 58.2 Å². The van der Waals surface area contributed by atoms with Crippen molar-refractivity contribution in [2.24, 2.45) is 10.8 Å². The Kier molecular flexibility index (Phi) is 3.27. The van der Waals surface area contributed by atoms with Gasteiger partial charge in [0.2, 0.25) is 0 Å². The minimum atomic E-state index is -0.703. The van der Waals surface area contributed by atoms with Gasteiger partial charge in [0, 0.05) is 23.9 Å². The lowest BCUT2D eigenvalue weighted by molar-refractivity contribution is -0.254. The van der Waals surface area contributed by atoms with E-state index in [0.29, 0.717) is 0 Å². The Hall–Kier alpha value is -0.380. The van der Waals surface area contributed by atoms with Gasteiger partial charge in [-0.15, -0.1) is 0 Å². The van der Waals surface area contributed by atoms with Gasteiger partial charge in [-0.1, -0.05) is 25.5 Å². The van der Waals surface area contributed by atoms with Crippen LogP contribution in [0.2, 0.25) is 0 Å². The first-order valence-corrected chi connectivity index (χ1v) is 7.82. The minimum Gasteiger partial charge on any atom is -0.396 e. The highest BCUT2D eigenvalue weighted by Gasteiger charge is 2.66. The number of piperidine rings is 1. The van der Waals surface area contributed by atoms with E-state index in [1.54, 1.807) is 0 Å². The number of allylic oxidation sites excluding steroid dienone is 1. The van der Waals surface area contributed by atoms with Crippen LogP contribution in [0, 0.1) is 10.8 Å². The molecule has 19 heavy (non-hydrogen) atoms. The molecule has 2 bridgehead atoms. The fourth-order valence-corrected chi connectivity index (χ4v) is 5.13. The van der Waals surface area contributed by atoms with Gasteiger partial charge >= 0.3 is 0 Å². The van der Waals surface area contributed by atoms with Crippen LogP contribution >= 0.6 is 0 Å². The summed E-state index contributed by atoms with van der Waals surface area (Å²) in [4.78, 5) is 2.45. The maximum atomic E-state index is 11.6. The molecule has 0 aromatic rings. The topological polar surface area (TPSA) is 43.7 Å². The van der Waals surface area contributed by atoms with Crippen LogP contribution < -0.4 is 0 Å². The third kappa shape index (κ3) is 1.68. The molecule has 3 nitrogen and oxygen atoms in total. The highest BCUT2D eigenvalue weighted by molar-refractivity contribution is 5.20. The molecular weight excluding hydrogens is 238 g/mol. The third-order valence-electron chi connectivity index (χ3n) is 6.24. The molecule has 2 aliphatic carbocycles. The molecule has 0 unspecified atom stereocenters. The Morgan fingerprint density at radius 3 is 2.74 bits per heavy atom. The Morgan fingerprint density at radius 1 is 1.16 bits per heavy atom. The SMILES string of the molecule is CCN1C[C@]23CCC=CC[C@]2(O)[C@@](CO)(CCC3)C1. The first-order chi connectivity index (χ1) is 9.11. The fraction of sp³-hybridized carbons (Fsp3) is 0.875. The van der Waals surface area contributed by atoms with Crippen LogP contribution in [0.1, 0.15) is 45.4 Å². The lowest BCUT2D eigenvalue weighted by atomic mass is 9.47. The van der Waals surface area contributed by atoms with Gasteiger partial charge in [0.1, 0.15) is 0 Å². The highest BCUT2D eigenvalue weighted by Crippen LogP contribution is 2.61. The quantitative estimate of drug-likeness (QED) is 0.750. The van der Waals surface area contributed by atoms with E-state index in [2.05, 4.69) is 24.0 Å². The summed E-state index contributed by atoms with van der Waals surface area (Å²) < 4.78 is 0. The van der Waals surface area contributed by atoms with E-state index in [1.807, 2.05) is 0 Å². The molecule has 1 aliphatic heterocycles. The number of likely N-dealkylation sites (tertiary alicyclic amines) is 1. The fourth-order valence-electron chi connectivity index (χ4n) is 5.13. The van der Waals surface area contributed by atoms with Crippen molar-refractivity contribution in [1.82, 2.24) is 4.90 Å². The van der Waals surface area contributed by atoms with Crippen LogP contribution in [-0.4, -0.2) is 47.0 Å². The Labute approximate surface area is 116 Å². The van der Waals surface area contributed by atoms with Crippen molar-refractivity contribution in [1.29, 1.82) is 0 Å². The van der Waals surface area contributed by atoms with Crippen molar-refractivity contribution in [3.63, 3.8) is 0 Å². The molecule has 1 saturated heterocycles. The van der Waals surface area contributed by atoms with Crippen molar-refractivity contribution in [3.05, 3.63) is 12.2 Å². The molecule has 2 fully saturated rings. The van der Waals surface area contributed by atoms with Gasteiger partial charge in [0.15, 0.2) is 0 Å². The molecule has 0 aromatic carbocycles. The van der Waals surface area contributed by atoms with Crippen LogP contribution in [0.15, 0.2) is 12.2 Å². The lowest BCUT2D eigenvalue weighted by Gasteiger charge is -2.65. The van der Waals surface area contributed by atoms with Crippen LogP contribution in [0.4, 0.5) is 0 Å². The predicted molar refractivity (Wildman–Crippen MR) is 75.9 cm³/mol. The summed E-state index contributed by atoms with van der Waals surface area (Å²) in [5.41, 5.74) is -1.02. The Balaban J connectivity index is 2.08. The van der Waals surface area contributed by atoms with Crippen LogP contribution in [0.5, 0.6) is 0 Å². The molecule has 0 spiro atoms. The normalized spacial score (nSPS) is 46.7. The van der Waals surface area contributed by atoms with Gasteiger partial charge in [-0.25, -0.2) is 0 Å². The van der Waals surface area contributed by atoms with Gasteiger partial charge in [0.05, 0.1) is 12.2 Å². The second-order valence-electron chi connectivity index (χ2n) is 6.95. The number of hydrogen-bond acceptors (Lipinski definition) is 3. The number of nitrogens with zero attached hydrogens (tertiary/aromatic N) is 1. The second-order valence-corrected chi connectivity index (χ2v) is 6.95. The molecule has 0 amide bonds. The number of hydrogen-bond donors (Lipinski definition) is 2. The lowest BCUT2D eigenvalue weighted by Crippen LogP contribution is -2.73. The monoisotopic (exact) mass is 265 g/mol. The Morgan fingerprint density at radius 2 is 2.00 bits per heavy atom. The van der Waals surface area contributed by atoms with Gasteiger partial charge < -0.3 is 15.1 Å². The molecule has 3 rings (SSSR count). The molecule has 3 atom stereocenters. The largest absolute Gasteiger partial charge is 0.396 e. The van der Waals surface area contributed by atoms with Crippen LogP contribution in [0.3, 0.4) is 0 Å². The smallest absolute Gasteiger partial charge is 0.0840 e. The first-order valence-electron chi connectivity index (χ1n) is 7.82. The highest BCUT2D eigenvalue weighted by atomic mass is 16.3. The van der Waals surface area contributed by atoms with E-state index in [1.165, 1.54) is 0 Å². The van der Waals surface area contributed by atoms with Crippen molar-refractivity contribution in [2.75, 3.05) is 26.2 Å². The average Bonchev–Trinajstić information content (AvgIpc) is 2.57. The molecule has 1 heterocycles. The van der Waals surface area contributed by atoms with E-state index in [-0.39, 0.29) is 17.4 Å². The summed E-state index contributed by atoms with van der Waals surface area (Å²) in [5, 5.41) is 21.7. The van der Waals surface area contributed by atoms with E-state index in [9.17, 15) is 10.2 Å². The predicted octanol–water partition coefficient (Wildman–Crippen LogP) is 1.94. The number of aliphatic hydroxyl groups is 2. The third-order valence-corrected chi connectivity index (χ3v) is 6.24. The molecule has 1 saturated carbocycles. The maximum Gasteiger partial charge on any atom is 0.0840 e. The summed E-state index contributed by atoms with van der Waals surface area (Å²) in [6.07, 6.45) is 10.5. The Bertz CT molecular complexity index is 383. The van der Waals surface area contributed by atoms with E-state index >= 15 is 0 Å². The first kappa shape index (κ1) is 13.6. The summed E-state index contributed by atoms with van der Waals surface area (Å²) in [6, 6.07) is 0. The van der Waals surface area contributed by atoms with Crippen LogP contribution in [-0.2, 0) is 0 Å². The summed E-state index contributed by atoms with van der Waals surface area (Å²) in [7, 11) is 0. The van der Waals surface area contributed by atoms with E-state index in [4.69, 9.17) is 0 Å². The van der Waals surface area contributed by atoms with Crippen molar-refractivity contribution >= 4 is 0 Å². The van der Waals surface area contributed by atoms with Gasteiger partial charge in [-0.2, -0.15) is 0 Å². The van der Waals surface area contributed by atoms with E-state index < -0.39 is 5.60 Å². The molecule has 3 heteroatoms. The molecule has 0 aromatic heterocycles. The summed E-state index contributed by atoms with van der Waals surface area (Å²) >= 11 is 0. The van der Waals surface area contributed by atoms with Gasteiger partial charge in [-0.3, -0.25) is 0 Å². The molecule has 2 N–H and O–H groups in total. The molecular formula is C16H27NO2. The van der Waals surface area contributed by atoms with Crippen molar-refractivity contribution in [3.8, 4) is 0 Å². The van der Waals surface area contributed by atoms with Crippen molar-refractivity contribution in [2.45, 2.75) is 51.0 Å². The molecule has 108 valence electrons.